The summed E-state index contributed by atoms with van der Waals surface area (Å²) in [6.45, 7) is 2.09. The van der Waals surface area contributed by atoms with E-state index in [4.69, 9.17) is 10.1 Å². The third-order valence-corrected chi connectivity index (χ3v) is 4.78. The third kappa shape index (κ3) is 3.38. The van der Waals surface area contributed by atoms with Gasteiger partial charge in [0.05, 0.1) is 18.5 Å². The molecule has 4 nitrogen and oxygen atoms in total. The molecular formula is C23H21N3O. The molecule has 0 spiro atoms. The van der Waals surface area contributed by atoms with Crippen molar-refractivity contribution in [1.29, 1.82) is 5.41 Å². The van der Waals surface area contributed by atoms with Crippen LogP contribution < -0.4 is 4.74 Å². The highest BCUT2D eigenvalue weighted by atomic mass is 16.5. The average molecular weight is 355 g/mol. The van der Waals surface area contributed by atoms with Gasteiger partial charge in [0.2, 0.25) is 0 Å². The fourth-order valence-electron chi connectivity index (χ4n) is 3.39. The van der Waals surface area contributed by atoms with E-state index in [0.717, 1.165) is 39.4 Å². The number of aliphatic imine (C=N–C) groups is 1. The van der Waals surface area contributed by atoms with Gasteiger partial charge >= 0.3 is 0 Å². The molecule has 0 saturated carbocycles. The second-order valence-electron chi connectivity index (χ2n) is 6.80. The van der Waals surface area contributed by atoms with E-state index in [9.17, 15) is 0 Å². The monoisotopic (exact) mass is 355 g/mol. The van der Waals surface area contributed by atoms with Crippen LogP contribution in [0.2, 0.25) is 0 Å². The van der Waals surface area contributed by atoms with Crippen LogP contribution in [0.5, 0.6) is 5.75 Å². The number of ether oxygens (including phenoxy) is 1. The predicted molar refractivity (Wildman–Crippen MR) is 110 cm³/mol. The molecule has 0 bridgehead atoms. The highest BCUT2D eigenvalue weighted by Gasteiger charge is 2.17. The van der Waals surface area contributed by atoms with E-state index in [1.54, 1.807) is 13.3 Å². The number of nitrogens with one attached hydrogen (secondary N) is 1. The molecule has 0 saturated heterocycles. The van der Waals surface area contributed by atoms with E-state index < -0.39 is 0 Å². The average Bonchev–Trinajstić information content (AvgIpc) is 2.85. The van der Waals surface area contributed by atoms with E-state index in [0.29, 0.717) is 12.1 Å². The molecule has 1 aliphatic heterocycles. The first-order chi connectivity index (χ1) is 13.2. The van der Waals surface area contributed by atoms with Gasteiger partial charge in [0.25, 0.3) is 0 Å². The van der Waals surface area contributed by atoms with Gasteiger partial charge in [-0.25, -0.2) is 0 Å². The standard InChI is InChI=1S/C23H21N3O/c1-15-11-21(24)20-13-16(8-9-22(20)26-14-15)19-7-4-10-25-23(19)17-5-3-6-18(12-17)27-2/h3-10,12-15,24H,11H2,1-2H3. The lowest BCUT2D eigenvalue weighted by molar-refractivity contribution is 0.415. The second-order valence-corrected chi connectivity index (χ2v) is 6.80. The molecule has 1 atom stereocenters. The Kier molecular flexibility index (Phi) is 4.55. The van der Waals surface area contributed by atoms with Crippen LogP contribution >= 0.6 is 0 Å². The number of benzene rings is 2. The van der Waals surface area contributed by atoms with Gasteiger partial charge in [0, 0.05) is 34.8 Å². The Balaban J connectivity index is 1.83. The van der Waals surface area contributed by atoms with Crippen molar-refractivity contribution in [1.82, 2.24) is 4.98 Å². The summed E-state index contributed by atoms with van der Waals surface area (Å²) in [5.74, 6) is 1.08. The number of hydrogen-bond donors (Lipinski definition) is 1. The lowest BCUT2D eigenvalue weighted by atomic mass is 9.94. The van der Waals surface area contributed by atoms with Gasteiger partial charge in [-0.3, -0.25) is 9.98 Å². The maximum atomic E-state index is 8.46. The Hall–Kier alpha value is -3.27. The Labute approximate surface area is 159 Å². The van der Waals surface area contributed by atoms with Crippen LogP contribution in [-0.4, -0.2) is 24.0 Å². The first kappa shape index (κ1) is 17.2. The largest absolute Gasteiger partial charge is 0.497 e. The van der Waals surface area contributed by atoms with Crippen molar-refractivity contribution in [3.05, 3.63) is 66.4 Å². The normalized spacial score (nSPS) is 15.9. The minimum Gasteiger partial charge on any atom is -0.497 e. The van der Waals surface area contributed by atoms with Crippen molar-refractivity contribution in [2.75, 3.05) is 7.11 Å². The van der Waals surface area contributed by atoms with E-state index >= 15 is 0 Å². The minimum atomic E-state index is 0.277. The van der Waals surface area contributed by atoms with Crippen molar-refractivity contribution in [2.45, 2.75) is 13.3 Å². The zero-order valence-electron chi connectivity index (χ0n) is 15.4. The molecule has 3 aromatic rings. The van der Waals surface area contributed by atoms with Gasteiger partial charge in [-0.15, -0.1) is 0 Å². The molecule has 1 aliphatic rings. The molecule has 1 unspecified atom stereocenters. The molecule has 0 amide bonds. The summed E-state index contributed by atoms with van der Waals surface area (Å²) in [5.41, 5.74) is 6.35. The Morgan fingerprint density at radius 1 is 1.00 bits per heavy atom. The zero-order chi connectivity index (χ0) is 18.8. The summed E-state index contributed by atoms with van der Waals surface area (Å²) in [6.07, 6.45) is 4.44. The summed E-state index contributed by atoms with van der Waals surface area (Å²) in [7, 11) is 1.66. The summed E-state index contributed by atoms with van der Waals surface area (Å²) < 4.78 is 5.36. The Morgan fingerprint density at radius 2 is 1.89 bits per heavy atom. The van der Waals surface area contributed by atoms with E-state index in [1.807, 2.05) is 42.6 Å². The van der Waals surface area contributed by atoms with Crippen molar-refractivity contribution < 1.29 is 4.74 Å². The second kappa shape index (κ2) is 7.16. The van der Waals surface area contributed by atoms with Gasteiger partial charge < -0.3 is 10.1 Å². The number of pyridine rings is 1. The molecule has 1 N–H and O–H groups in total. The van der Waals surface area contributed by atoms with Crippen molar-refractivity contribution in [3.8, 4) is 28.1 Å². The minimum absolute atomic E-state index is 0.277. The molecule has 2 heterocycles. The molecule has 4 heteroatoms. The highest BCUT2D eigenvalue weighted by Crippen LogP contribution is 2.35. The maximum absolute atomic E-state index is 8.46. The van der Waals surface area contributed by atoms with Gasteiger partial charge in [0.1, 0.15) is 5.75 Å². The van der Waals surface area contributed by atoms with Gasteiger partial charge in [-0.2, -0.15) is 0 Å². The molecule has 134 valence electrons. The van der Waals surface area contributed by atoms with Crippen molar-refractivity contribution in [3.63, 3.8) is 0 Å². The first-order valence-electron chi connectivity index (χ1n) is 9.01. The summed E-state index contributed by atoms with van der Waals surface area (Å²) in [6, 6.07) is 18.0. The van der Waals surface area contributed by atoms with Crippen LogP contribution in [0.3, 0.4) is 0 Å². The highest BCUT2D eigenvalue weighted by molar-refractivity contribution is 6.06. The Morgan fingerprint density at radius 3 is 2.74 bits per heavy atom. The number of methoxy groups -OCH3 is 1. The molecule has 1 aromatic heterocycles. The smallest absolute Gasteiger partial charge is 0.119 e. The van der Waals surface area contributed by atoms with Gasteiger partial charge in [-0.05, 0) is 48.2 Å². The number of aromatic nitrogens is 1. The lowest BCUT2D eigenvalue weighted by Gasteiger charge is -2.12. The Bertz CT molecular complexity index is 1040. The quantitative estimate of drug-likeness (QED) is 0.671. The molecule has 4 rings (SSSR count). The van der Waals surface area contributed by atoms with E-state index in [2.05, 4.69) is 35.1 Å². The van der Waals surface area contributed by atoms with Crippen LogP contribution in [0, 0.1) is 11.3 Å². The SMILES string of the molecule is COc1cccc(-c2ncccc2-c2ccc3c(c2)C(=N)CC(C)C=N3)c1. The third-order valence-electron chi connectivity index (χ3n) is 4.78. The summed E-state index contributed by atoms with van der Waals surface area (Å²) >= 11 is 0. The van der Waals surface area contributed by atoms with Gasteiger partial charge in [-0.1, -0.05) is 31.2 Å². The fraction of sp³-hybridized carbons (Fsp3) is 0.174. The van der Waals surface area contributed by atoms with Crippen molar-refractivity contribution >= 4 is 17.6 Å². The summed E-state index contributed by atoms with van der Waals surface area (Å²) in [4.78, 5) is 9.18. The lowest BCUT2D eigenvalue weighted by Crippen LogP contribution is -2.04. The predicted octanol–water partition coefficient (Wildman–Crippen LogP) is 5.53. The van der Waals surface area contributed by atoms with Crippen LogP contribution in [-0.2, 0) is 0 Å². The van der Waals surface area contributed by atoms with E-state index in [1.165, 1.54) is 0 Å². The number of fused-ring (bicyclic) bond motifs is 1. The van der Waals surface area contributed by atoms with Crippen LogP contribution in [0.1, 0.15) is 18.9 Å². The molecule has 27 heavy (non-hydrogen) atoms. The number of nitrogens with zero attached hydrogens (tertiary/aromatic N) is 2. The number of rotatable bonds is 3. The van der Waals surface area contributed by atoms with Gasteiger partial charge in [0.15, 0.2) is 0 Å². The maximum Gasteiger partial charge on any atom is 0.119 e. The first-order valence-corrected chi connectivity index (χ1v) is 9.01. The van der Waals surface area contributed by atoms with E-state index in [-0.39, 0.29) is 5.92 Å². The molecule has 0 radical (unpaired) electrons. The number of hydrogen-bond acceptors (Lipinski definition) is 4. The molecule has 0 aliphatic carbocycles. The zero-order valence-corrected chi connectivity index (χ0v) is 15.4. The van der Waals surface area contributed by atoms with Crippen LogP contribution in [0.4, 0.5) is 5.69 Å². The van der Waals surface area contributed by atoms with Crippen LogP contribution in [0.15, 0.2) is 65.8 Å². The van der Waals surface area contributed by atoms with Crippen molar-refractivity contribution in [2.24, 2.45) is 10.9 Å². The van der Waals surface area contributed by atoms with Crippen LogP contribution in [0.25, 0.3) is 22.4 Å². The molecular weight excluding hydrogens is 334 g/mol. The topological polar surface area (TPSA) is 58.3 Å². The molecule has 0 fully saturated rings. The molecule has 2 aromatic carbocycles. The summed E-state index contributed by atoms with van der Waals surface area (Å²) in [5, 5.41) is 8.46. The fourth-order valence-corrected chi connectivity index (χ4v) is 3.39.